The molecule has 3 aromatic rings. The Hall–Kier alpha value is -3.35. The number of amides is 1. The van der Waals surface area contributed by atoms with Crippen molar-refractivity contribution in [1.29, 1.82) is 0 Å². The highest BCUT2D eigenvalue weighted by molar-refractivity contribution is 5.92. The molecule has 3 rings (SSSR count). The number of aromatic amines is 1. The number of carbonyl (C=O) groups excluding carboxylic acids is 1. The highest BCUT2D eigenvalue weighted by Crippen LogP contribution is 2.05. The van der Waals surface area contributed by atoms with E-state index in [0.29, 0.717) is 11.3 Å². The fraction of sp³-hybridized carbons (Fsp3) is 0.0625. The maximum Gasteiger partial charge on any atom is 0.307 e. The number of para-hydroxylation sites is 1. The van der Waals surface area contributed by atoms with Crippen LogP contribution in [0.2, 0.25) is 0 Å². The first-order valence-electron chi connectivity index (χ1n) is 6.91. The van der Waals surface area contributed by atoms with Gasteiger partial charge in [0.1, 0.15) is 0 Å². The summed E-state index contributed by atoms with van der Waals surface area (Å²) in [5.74, 6) is -0.336. The number of hydrazone groups is 1. The number of furan rings is 1. The van der Waals surface area contributed by atoms with E-state index in [9.17, 15) is 9.59 Å². The number of aromatic nitrogens is 2. The summed E-state index contributed by atoms with van der Waals surface area (Å²) in [6, 6.07) is 12.3. The lowest BCUT2D eigenvalue weighted by Crippen LogP contribution is -2.19. The van der Waals surface area contributed by atoms with Gasteiger partial charge in [0.05, 0.1) is 23.7 Å². The van der Waals surface area contributed by atoms with Crippen molar-refractivity contribution in [2.45, 2.75) is 6.92 Å². The van der Waals surface area contributed by atoms with Gasteiger partial charge in [-0.2, -0.15) is 5.10 Å². The predicted octanol–water partition coefficient (Wildman–Crippen LogP) is 1.83. The molecular weight excluding hydrogens is 296 g/mol. The average molecular weight is 310 g/mol. The van der Waals surface area contributed by atoms with Crippen molar-refractivity contribution in [3.63, 3.8) is 0 Å². The molecule has 2 N–H and O–H groups in total. The van der Waals surface area contributed by atoms with Crippen LogP contribution in [0.4, 0.5) is 0 Å². The predicted molar refractivity (Wildman–Crippen MR) is 84.9 cm³/mol. The summed E-state index contributed by atoms with van der Waals surface area (Å²) in [5.41, 5.74) is 3.81. The van der Waals surface area contributed by atoms with Gasteiger partial charge in [-0.1, -0.05) is 18.2 Å². The van der Waals surface area contributed by atoms with Gasteiger partial charge in [0.2, 0.25) is 0 Å². The second-order valence-electron chi connectivity index (χ2n) is 4.80. The third kappa shape index (κ3) is 2.98. The Kier molecular flexibility index (Phi) is 3.92. The van der Waals surface area contributed by atoms with Crippen LogP contribution in [0, 0.1) is 6.92 Å². The molecule has 1 aromatic carbocycles. The molecule has 0 spiro atoms. The molecule has 0 aliphatic carbocycles. The molecule has 0 saturated carbocycles. The third-order valence-electron chi connectivity index (χ3n) is 3.24. The van der Waals surface area contributed by atoms with Crippen LogP contribution >= 0.6 is 0 Å². The van der Waals surface area contributed by atoms with Gasteiger partial charge >= 0.3 is 5.91 Å². The maximum atomic E-state index is 12.4. The van der Waals surface area contributed by atoms with Crippen molar-refractivity contribution < 1.29 is 9.21 Å². The number of H-pyrrole nitrogens is 1. The molecular formula is C16H14N4O3. The van der Waals surface area contributed by atoms with Crippen LogP contribution in [0.25, 0.3) is 5.69 Å². The molecule has 2 aromatic heterocycles. The van der Waals surface area contributed by atoms with Crippen molar-refractivity contribution in [1.82, 2.24) is 15.2 Å². The molecule has 7 nitrogen and oxygen atoms in total. The smallest absolute Gasteiger partial charge is 0.307 e. The molecule has 0 aliphatic rings. The standard InChI is InChI=1S/C16H14N4O3/c1-11-13(10-17-18-15(21)14-8-5-9-23-14)16(22)20(19-11)12-6-3-2-4-7-12/h2-10,19H,1H3,(H,18,21). The molecule has 116 valence electrons. The largest absolute Gasteiger partial charge is 0.459 e. The topological polar surface area (TPSA) is 92.4 Å². The van der Waals surface area contributed by atoms with Gasteiger partial charge in [-0.05, 0) is 31.2 Å². The summed E-state index contributed by atoms with van der Waals surface area (Å²) in [7, 11) is 0. The van der Waals surface area contributed by atoms with Crippen LogP contribution < -0.4 is 11.0 Å². The van der Waals surface area contributed by atoms with E-state index in [-0.39, 0.29) is 11.3 Å². The van der Waals surface area contributed by atoms with Gasteiger partial charge in [0, 0.05) is 5.69 Å². The number of rotatable bonds is 4. The van der Waals surface area contributed by atoms with E-state index in [1.54, 1.807) is 13.0 Å². The van der Waals surface area contributed by atoms with E-state index in [4.69, 9.17) is 4.42 Å². The first-order chi connectivity index (χ1) is 11.2. The van der Waals surface area contributed by atoms with Gasteiger partial charge in [-0.3, -0.25) is 14.7 Å². The lowest BCUT2D eigenvalue weighted by Gasteiger charge is -1.99. The van der Waals surface area contributed by atoms with E-state index >= 15 is 0 Å². The van der Waals surface area contributed by atoms with E-state index < -0.39 is 5.91 Å². The quantitative estimate of drug-likeness (QED) is 0.569. The van der Waals surface area contributed by atoms with Crippen LogP contribution in [0.15, 0.2) is 63.0 Å². The van der Waals surface area contributed by atoms with Crippen molar-refractivity contribution >= 4 is 12.1 Å². The van der Waals surface area contributed by atoms with Crippen molar-refractivity contribution in [2.24, 2.45) is 5.10 Å². The van der Waals surface area contributed by atoms with E-state index in [1.165, 1.54) is 23.2 Å². The van der Waals surface area contributed by atoms with Crippen molar-refractivity contribution in [3.8, 4) is 5.69 Å². The number of benzene rings is 1. The number of carbonyl (C=O) groups is 1. The molecule has 2 heterocycles. The first-order valence-corrected chi connectivity index (χ1v) is 6.91. The van der Waals surface area contributed by atoms with Gasteiger partial charge in [-0.25, -0.2) is 10.1 Å². The summed E-state index contributed by atoms with van der Waals surface area (Å²) < 4.78 is 6.37. The van der Waals surface area contributed by atoms with Gasteiger partial charge < -0.3 is 4.42 Å². The minimum absolute atomic E-state index is 0.148. The number of nitrogens with zero attached hydrogens (tertiary/aromatic N) is 2. The SMILES string of the molecule is Cc1[nH]n(-c2ccccc2)c(=O)c1C=NNC(=O)c1ccco1. The lowest BCUT2D eigenvalue weighted by molar-refractivity contribution is 0.0927. The zero-order valence-electron chi connectivity index (χ0n) is 12.3. The number of nitrogens with one attached hydrogen (secondary N) is 2. The summed E-state index contributed by atoms with van der Waals surface area (Å²) in [6.45, 7) is 1.76. The van der Waals surface area contributed by atoms with Crippen LogP contribution in [0.1, 0.15) is 21.8 Å². The molecule has 0 fully saturated rings. The summed E-state index contributed by atoms with van der Waals surface area (Å²) in [5, 5.41) is 6.78. The number of hydrogen-bond acceptors (Lipinski definition) is 4. The average Bonchev–Trinajstić information content (AvgIpc) is 3.19. The molecule has 0 radical (unpaired) electrons. The summed E-state index contributed by atoms with van der Waals surface area (Å²) >= 11 is 0. The third-order valence-corrected chi connectivity index (χ3v) is 3.24. The second-order valence-corrected chi connectivity index (χ2v) is 4.80. The van der Waals surface area contributed by atoms with Crippen LogP contribution in [-0.2, 0) is 0 Å². The molecule has 7 heteroatoms. The molecule has 0 atom stereocenters. The minimum atomic E-state index is -0.483. The zero-order valence-corrected chi connectivity index (χ0v) is 12.3. The molecule has 0 bridgehead atoms. The highest BCUT2D eigenvalue weighted by Gasteiger charge is 2.11. The van der Waals surface area contributed by atoms with Gasteiger partial charge in [-0.15, -0.1) is 0 Å². The van der Waals surface area contributed by atoms with Crippen LogP contribution in [-0.4, -0.2) is 21.9 Å². The Morgan fingerprint density at radius 1 is 1.26 bits per heavy atom. The second kappa shape index (κ2) is 6.18. The zero-order chi connectivity index (χ0) is 16.2. The van der Waals surface area contributed by atoms with E-state index in [0.717, 1.165) is 5.69 Å². The molecule has 1 amide bonds. The lowest BCUT2D eigenvalue weighted by atomic mass is 10.3. The monoisotopic (exact) mass is 310 g/mol. The number of hydrogen-bond donors (Lipinski definition) is 2. The Morgan fingerprint density at radius 2 is 2.04 bits per heavy atom. The van der Waals surface area contributed by atoms with Crippen LogP contribution in [0.5, 0.6) is 0 Å². The Labute approximate surface area is 131 Å². The first kappa shape index (κ1) is 14.6. The van der Waals surface area contributed by atoms with E-state index in [1.807, 2.05) is 30.3 Å². The Bertz CT molecular complexity index is 889. The van der Waals surface area contributed by atoms with Crippen molar-refractivity contribution in [2.75, 3.05) is 0 Å². The minimum Gasteiger partial charge on any atom is -0.459 e. The van der Waals surface area contributed by atoms with E-state index in [2.05, 4.69) is 15.6 Å². The molecule has 0 aliphatic heterocycles. The van der Waals surface area contributed by atoms with Gasteiger partial charge in [0.25, 0.3) is 5.56 Å². The normalized spacial score (nSPS) is 11.0. The number of aryl methyl sites for hydroxylation is 1. The van der Waals surface area contributed by atoms with Gasteiger partial charge in [0.15, 0.2) is 5.76 Å². The van der Waals surface area contributed by atoms with Crippen molar-refractivity contribution in [3.05, 3.63) is 76.1 Å². The summed E-state index contributed by atoms with van der Waals surface area (Å²) in [4.78, 5) is 24.1. The molecule has 0 unspecified atom stereocenters. The van der Waals surface area contributed by atoms with Crippen LogP contribution in [0.3, 0.4) is 0 Å². The highest BCUT2D eigenvalue weighted by atomic mass is 16.3. The molecule has 23 heavy (non-hydrogen) atoms. The Balaban J connectivity index is 1.81. The Morgan fingerprint density at radius 3 is 2.74 bits per heavy atom. The molecule has 0 saturated heterocycles. The maximum absolute atomic E-state index is 12.4. The summed E-state index contributed by atoms with van der Waals surface area (Å²) in [6.07, 6.45) is 2.71. The fourth-order valence-electron chi connectivity index (χ4n) is 2.09. The fourth-order valence-corrected chi connectivity index (χ4v) is 2.09.